The highest BCUT2D eigenvalue weighted by molar-refractivity contribution is 7.97. The largest absolute Gasteiger partial charge is 0.491 e. The monoisotopic (exact) mass is 554 g/mol. The van der Waals surface area contributed by atoms with Gasteiger partial charge in [-0.3, -0.25) is 0 Å². The molecule has 0 amide bonds. The van der Waals surface area contributed by atoms with Crippen LogP contribution in [0, 0.1) is 0 Å². The number of alkyl halides is 3. The van der Waals surface area contributed by atoms with Crippen molar-refractivity contribution in [2.45, 2.75) is 17.6 Å². The van der Waals surface area contributed by atoms with E-state index in [9.17, 15) is 13.2 Å². The minimum atomic E-state index is -4.35. The van der Waals surface area contributed by atoms with E-state index in [2.05, 4.69) is 37.5 Å². The number of nitrogens with zero attached hydrogens (tertiary/aromatic N) is 3. The quantitative estimate of drug-likeness (QED) is 0.230. The molecule has 0 saturated carbocycles. The number of benzene rings is 3. The number of halogens is 4. The maximum absolute atomic E-state index is 12.8. The van der Waals surface area contributed by atoms with Gasteiger partial charge in [0.2, 0.25) is 0 Å². The van der Waals surface area contributed by atoms with Crippen LogP contribution in [0.2, 0.25) is 5.02 Å². The zero-order valence-corrected chi connectivity index (χ0v) is 21.5. The van der Waals surface area contributed by atoms with Crippen molar-refractivity contribution in [3.63, 3.8) is 0 Å². The number of aromatic amines is 1. The Morgan fingerprint density at radius 2 is 1.68 bits per heavy atom. The van der Waals surface area contributed by atoms with Crippen LogP contribution in [-0.4, -0.2) is 32.4 Å². The smallest absolute Gasteiger partial charge is 0.416 e. The van der Waals surface area contributed by atoms with Gasteiger partial charge in [0.05, 0.1) is 22.0 Å². The van der Waals surface area contributed by atoms with Crippen LogP contribution >= 0.6 is 23.5 Å². The van der Waals surface area contributed by atoms with Crippen molar-refractivity contribution in [2.24, 2.45) is 0 Å². The van der Waals surface area contributed by atoms with Crippen molar-refractivity contribution in [1.82, 2.24) is 19.3 Å². The van der Waals surface area contributed by atoms with Gasteiger partial charge in [0, 0.05) is 30.7 Å². The summed E-state index contributed by atoms with van der Waals surface area (Å²) in [6.07, 6.45) is 0.712. The summed E-state index contributed by atoms with van der Waals surface area (Å²) >= 11 is 7.34. The van der Waals surface area contributed by atoms with E-state index in [1.807, 2.05) is 36.5 Å². The Labute approximate surface area is 226 Å². The third-order valence-electron chi connectivity index (χ3n) is 5.77. The molecule has 10 heteroatoms. The third-order valence-corrected chi connectivity index (χ3v) is 7.05. The SMILES string of the molecule is FC(F)(F)c1ccc(-c2ccc3c(c2)SN(Cc2ncc(Cl)cn2)CCO3)cc1.c1ccc2[nH]ccc2c1. The third kappa shape index (κ3) is 6.48. The fraction of sp³-hybridized carbons (Fsp3) is 0.143. The zero-order chi connectivity index (χ0) is 26.5. The van der Waals surface area contributed by atoms with E-state index < -0.39 is 11.7 Å². The van der Waals surface area contributed by atoms with Crippen LogP contribution in [0.25, 0.3) is 22.0 Å². The molecule has 0 bridgehead atoms. The first-order valence-corrected chi connectivity index (χ1v) is 12.9. The molecule has 5 nitrogen and oxygen atoms in total. The van der Waals surface area contributed by atoms with Crippen molar-refractivity contribution in [3.8, 4) is 16.9 Å². The summed E-state index contributed by atoms with van der Waals surface area (Å²) in [5.74, 6) is 1.38. The Bertz CT molecular complexity index is 1480. The van der Waals surface area contributed by atoms with E-state index in [0.29, 0.717) is 36.1 Å². The molecule has 2 aromatic heterocycles. The molecule has 0 spiro atoms. The Kier molecular flexibility index (Phi) is 7.87. The van der Waals surface area contributed by atoms with Gasteiger partial charge in [0.25, 0.3) is 0 Å². The van der Waals surface area contributed by atoms with Gasteiger partial charge in [0.1, 0.15) is 18.2 Å². The highest BCUT2D eigenvalue weighted by atomic mass is 35.5. The molecule has 1 N–H and O–H groups in total. The maximum Gasteiger partial charge on any atom is 0.416 e. The van der Waals surface area contributed by atoms with Crippen LogP contribution in [0.3, 0.4) is 0 Å². The Balaban J connectivity index is 0.000000273. The molecule has 0 unspecified atom stereocenters. The Morgan fingerprint density at radius 1 is 0.947 bits per heavy atom. The molecular weight excluding hydrogens is 533 g/mol. The molecule has 0 aliphatic carbocycles. The lowest BCUT2D eigenvalue weighted by molar-refractivity contribution is -0.137. The van der Waals surface area contributed by atoms with Gasteiger partial charge in [-0.2, -0.15) is 13.2 Å². The number of para-hydroxylation sites is 1. The first-order chi connectivity index (χ1) is 18.3. The number of ether oxygens (including phenoxy) is 1. The first-order valence-electron chi connectivity index (χ1n) is 11.7. The van der Waals surface area contributed by atoms with Crippen molar-refractivity contribution in [2.75, 3.05) is 13.2 Å². The Morgan fingerprint density at radius 3 is 2.42 bits per heavy atom. The summed E-state index contributed by atoms with van der Waals surface area (Å²) in [4.78, 5) is 12.4. The van der Waals surface area contributed by atoms with E-state index in [4.69, 9.17) is 16.3 Å². The number of nitrogens with one attached hydrogen (secondary N) is 1. The lowest BCUT2D eigenvalue weighted by Crippen LogP contribution is -2.20. The number of H-pyrrole nitrogens is 1. The molecule has 0 saturated heterocycles. The van der Waals surface area contributed by atoms with Gasteiger partial charge >= 0.3 is 6.18 Å². The van der Waals surface area contributed by atoms with Crippen molar-refractivity contribution < 1.29 is 17.9 Å². The summed E-state index contributed by atoms with van der Waals surface area (Å²) in [5, 5.41) is 1.75. The van der Waals surface area contributed by atoms with Crippen LogP contribution < -0.4 is 4.74 Å². The molecule has 5 aromatic rings. The van der Waals surface area contributed by atoms with Gasteiger partial charge in [-0.25, -0.2) is 14.3 Å². The number of rotatable bonds is 3. The highest BCUT2D eigenvalue weighted by Crippen LogP contribution is 2.38. The number of hydrogen-bond acceptors (Lipinski definition) is 5. The minimum Gasteiger partial charge on any atom is -0.491 e. The number of fused-ring (bicyclic) bond motifs is 2. The molecule has 3 aromatic carbocycles. The molecule has 0 fully saturated rings. The Hall–Kier alpha value is -3.53. The topological polar surface area (TPSA) is 54.0 Å². The van der Waals surface area contributed by atoms with Crippen LogP contribution in [0.4, 0.5) is 13.2 Å². The molecular formula is C28H22ClF3N4OS. The standard InChI is InChI=1S/C20H15ClF3N3OS.C8H7N/c21-16-10-25-19(26-11-16)12-27-7-8-28-17-6-3-14(9-18(17)29-27)13-1-4-15(5-2-13)20(22,23)24;1-2-4-8-7(3-1)5-6-9-8/h1-6,9-11H,7-8,12H2;1-6,9H. The van der Waals surface area contributed by atoms with Crippen LogP contribution in [0.5, 0.6) is 5.75 Å². The average Bonchev–Trinajstić information content (AvgIpc) is 3.30. The van der Waals surface area contributed by atoms with Crippen molar-refractivity contribution >= 4 is 34.5 Å². The molecule has 1 aliphatic rings. The fourth-order valence-corrected chi connectivity index (χ4v) is 4.97. The van der Waals surface area contributed by atoms with Gasteiger partial charge in [0.15, 0.2) is 0 Å². The summed E-state index contributed by atoms with van der Waals surface area (Å²) in [7, 11) is 0. The maximum atomic E-state index is 12.8. The molecule has 3 heterocycles. The predicted molar refractivity (Wildman–Crippen MR) is 144 cm³/mol. The van der Waals surface area contributed by atoms with E-state index in [-0.39, 0.29) is 0 Å². The van der Waals surface area contributed by atoms with Crippen LogP contribution in [-0.2, 0) is 12.7 Å². The lowest BCUT2D eigenvalue weighted by Gasteiger charge is -2.17. The molecule has 6 rings (SSSR count). The lowest BCUT2D eigenvalue weighted by atomic mass is 10.0. The van der Waals surface area contributed by atoms with Gasteiger partial charge in [-0.15, -0.1) is 0 Å². The van der Waals surface area contributed by atoms with Crippen molar-refractivity contribution in [3.05, 3.63) is 108 Å². The highest BCUT2D eigenvalue weighted by Gasteiger charge is 2.30. The van der Waals surface area contributed by atoms with Crippen molar-refractivity contribution in [1.29, 1.82) is 0 Å². The van der Waals surface area contributed by atoms with E-state index in [1.54, 1.807) is 12.4 Å². The molecule has 0 radical (unpaired) electrons. The zero-order valence-electron chi connectivity index (χ0n) is 20.0. The second-order valence-corrected chi connectivity index (χ2v) is 10.00. The summed E-state index contributed by atoms with van der Waals surface area (Å²) in [6, 6.07) is 21.0. The number of aromatic nitrogens is 3. The van der Waals surface area contributed by atoms with Gasteiger partial charge < -0.3 is 9.72 Å². The fourth-order valence-electron chi connectivity index (χ4n) is 3.86. The average molecular weight is 555 g/mol. The van der Waals surface area contributed by atoms with Gasteiger partial charge in [-0.05, 0) is 64.9 Å². The first kappa shape index (κ1) is 26.1. The molecule has 1 aliphatic heterocycles. The molecule has 38 heavy (non-hydrogen) atoms. The number of hydrogen-bond donors (Lipinski definition) is 1. The minimum absolute atomic E-state index is 0.479. The summed E-state index contributed by atoms with van der Waals surface area (Å²) < 4.78 is 46.3. The van der Waals surface area contributed by atoms with E-state index in [0.717, 1.165) is 28.3 Å². The molecule has 194 valence electrons. The second kappa shape index (κ2) is 11.5. The van der Waals surface area contributed by atoms with Crippen LogP contribution in [0.1, 0.15) is 11.4 Å². The van der Waals surface area contributed by atoms with Crippen LogP contribution in [0.15, 0.2) is 96.3 Å². The summed E-state index contributed by atoms with van der Waals surface area (Å²) in [5.41, 5.74) is 2.07. The molecule has 0 atom stereocenters. The van der Waals surface area contributed by atoms with E-state index in [1.165, 1.54) is 35.0 Å². The van der Waals surface area contributed by atoms with E-state index >= 15 is 0 Å². The summed E-state index contributed by atoms with van der Waals surface area (Å²) in [6.45, 7) is 1.68. The normalized spacial score (nSPS) is 13.7. The van der Waals surface area contributed by atoms with Gasteiger partial charge in [-0.1, -0.05) is 48.0 Å². The second-order valence-electron chi connectivity index (χ2n) is 8.42. The predicted octanol–water partition coefficient (Wildman–Crippen LogP) is 7.89.